The lowest BCUT2D eigenvalue weighted by Crippen LogP contribution is -2.13. The Hall–Kier alpha value is -7.30. The first-order valence-electron chi connectivity index (χ1n) is 23.7. The Kier molecular flexibility index (Phi) is 10.2. The molecular formula is C62H56N2O2. The maximum absolute atomic E-state index is 6.93. The van der Waals surface area contributed by atoms with Crippen LogP contribution in [0.2, 0.25) is 0 Å². The van der Waals surface area contributed by atoms with Gasteiger partial charge in [0.2, 0.25) is 0 Å². The molecule has 0 spiro atoms. The molecule has 66 heavy (non-hydrogen) atoms. The molecule has 0 N–H and O–H groups in total. The molecule has 2 heterocycles. The predicted octanol–water partition coefficient (Wildman–Crippen LogP) is 19.2. The molecule has 4 heteroatoms. The minimum Gasteiger partial charge on any atom is -0.456 e. The fraction of sp³-hybridized carbons (Fsp3) is 0.194. The third kappa shape index (κ3) is 7.07. The van der Waals surface area contributed by atoms with E-state index >= 15 is 0 Å². The summed E-state index contributed by atoms with van der Waals surface area (Å²) in [5.41, 5.74) is 15.6. The second kappa shape index (κ2) is 16.3. The van der Waals surface area contributed by atoms with Gasteiger partial charge in [0.1, 0.15) is 22.3 Å². The van der Waals surface area contributed by atoms with E-state index in [-0.39, 0.29) is 0 Å². The number of rotatable bonds is 10. The van der Waals surface area contributed by atoms with Gasteiger partial charge in [0, 0.05) is 50.3 Å². The van der Waals surface area contributed by atoms with Gasteiger partial charge in [0.25, 0.3) is 0 Å². The van der Waals surface area contributed by atoms with Crippen molar-refractivity contribution < 1.29 is 8.83 Å². The molecule has 0 bridgehead atoms. The molecule has 11 rings (SSSR count). The van der Waals surface area contributed by atoms with Crippen LogP contribution in [0.1, 0.15) is 101 Å². The van der Waals surface area contributed by atoms with E-state index in [0.29, 0.717) is 23.7 Å². The number of hydrogen-bond acceptors (Lipinski definition) is 4. The average molecular weight is 861 g/mol. The maximum atomic E-state index is 6.93. The molecule has 4 nitrogen and oxygen atoms in total. The molecule has 0 fully saturated rings. The first-order valence-corrected chi connectivity index (χ1v) is 23.7. The molecule has 0 radical (unpaired) electrons. The van der Waals surface area contributed by atoms with Crippen LogP contribution < -0.4 is 9.80 Å². The third-order valence-corrected chi connectivity index (χ3v) is 13.7. The average Bonchev–Trinajstić information content (AvgIpc) is 3.87. The minimum absolute atomic E-state index is 0.354. The van der Waals surface area contributed by atoms with Crippen molar-refractivity contribution in [3.63, 3.8) is 0 Å². The molecule has 326 valence electrons. The van der Waals surface area contributed by atoms with Gasteiger partial charge in [0.15, 0.2) is 0 Å². The quantitative estimate of drug-likeness (QED) is 0.137. The monoisotopic (exact) mass is 860 g/mol. The number of benzene rings is 9. The Morgan fingerprint density at radius 2 is 0.818 bits per heavy atom. The summed E-state index contributed by atoms with van der Waals surface area (Å²) in [6, 6.07) is 62.3. The summed E-state index contributed by atoms with van der Waals surface area (Å²) >= 11 is 0. The van der Waals surface area contributed by atoms with E-state index in [4.69, 9.17) is 8.83 Å². The third-order valence-electron chi connectivity index (χ3n) is 13.7. The molecule has 0 saturated heterocycles. The molecule has 0 amide bonds. The maximum Gasteiger partial charge on any atom is 0.147 e. The van der Waals surface area contributed by atoms with Crippen LogP contribution in [-0.4, -0.2) is 0 Å². The molecule has 0 aliphatic rings. The van der Waals surface area contributed by atoms with Gasteiger partial charge in [-0.15, -0.1) is 0 Å². The van der Waals surface area contributed by atoms with Crippen molar-refractivity contribution in [2.45, 2.75) is 79.1 Å². The van der Waals surface area contributed by atoms with Gasteiger partial charge in [-0.1, -0.05) is 128 Å². The highest BCUT2D eigenvalue weighted by Gasteiger charge is 2.23. The highest BCUT2D eigenvalue weighted by atomic mass is 16.3. The van der Waals surface area contributed by atoms with Gasteiger partial charge in [-0.25, -0.2) is 0 Å². The zero-order valence-electron chi connectivity index (χ0n) is 39.2. The van der Waals surface area contributed by atoms with Crippen LogP contribution in [0, 0.1) is 0 Å². The first-order chi connectivity index (χ1) is 32.0. The van der Waals surface area contributed by atoms with E-state index in [1.54, 1.807) is 0 Å². The van der Waals surface area contributed by atoms with Crippen molar-refractivity contribution in [3.8, 4) is 0 Å². The number of furan rings is 2. The SMILES string of the molecule is CC(C)c1ccc(N(c2ccccc2)c2ccc3cc4c(cc3c2)oc2c4ccc3oc4cc5cc(N(c6ccccc6)c6ccc(C(C)C)cc6C(C)C)ccc5cc4c32)c(C(C)C)c1. The van der Waals surface area contributed by atoms with Crippen molar-refractivity contribution in [2.75, 3.05) is 9.80 Å². The summed E-state index contributed by atoms with van der Waals surface area (Å²) in [7, 11) is 0. The van der Waals surface area contributed by atoms with Crippen molar-refractivity contribution >= 4 is 99.5 Å². The van der Waals surface area contributed by atoms with Gasteiger partial charge in [0.05, 0.1) is 5.39 Å². The van der Waals surface area contributed by atoms with Crippen LogP contribution in [0.15, 0.2) is 179 Å². The second-order valence-corrected chi connectivity index (χ2v) is 19.4. The topological polar surface area (TPSA) is 32.8 Å². The predicted molar refractivity (Wildman–Crippen MR) is 282 cm³/mol. The molecule has 11 aromatic rings. The van der Waals surface area contributed by atoms with Gasteiger partial charge in [-0.2, -0.15) is 0 Å². The molecule has 2 aromatic heterocycles. The van der Waals surface area contributed by atoms with Gasteiger partial charge < -0.3 is 18.6 Å². The molecule has 0 unspecified atom stereocenters. The zero-order chi connectivity index (χ0) is 45.4. The van der Waals surface area contributed by atoms with Gasteiger partial charge >= 0.3 is 0 Å². The number of hydrogen-bond donors (Lipinski definition) is 0. The summed E-state index contributed by atoms with van der Waals surface area (Å²) < 4.78 is 13.6. The molecular weight excluding hydrogens is 805 g/mol. The van der Waals surface area contributed by atoms with Gasteiger partial charge in [-0.3, -0.25) is 0 Å². The van der Waals surface area contributed by atoms with E-state index in [0.717, 1.165) is 82.8 Å². The Morgan fingerprint density at radius 3 is 1.30 bits per heavy atom. The van der Waals surface area contributed by atoms with E-state index in [9.17, 15) is 0 Å². The first kappa shape index (κ1) is 41.4. The lowest BCUT2D eigenvalue weighted by Gasteiger charge is -2.29. The summed E-state index contributed by atoms with van der Waals surface area (Å²) in [5, 5.41) is 8.80. The van der Waals surface area contributed by atoms with E-state index in [2.05, 4.69) is 235 Å². The Labute approximate surface area is 387 Å². The summed E-state index contributed by atoms with van der Waals surface area (Å²) in [6.45, 7) is 18.2. The summed E-state index contributed by atoms with van der Waals surface area (Å²) in [4.78, 5) is 4.81. The highest BCUT2D eigenvalue weighted by Crippen LogP contribution is 2.46. The Balaban J connectivity index is 1.03. The molecule has 0 aliphatic heterocycles. The highest BCUT2D eigenvalue weighted by molar-refractivity contribution is 6.24. The normalized spacial score (nSPS) is 12.2. The molecule has 0 saturated carbocycles. The van der Waals surface area contributed by atoms with Crippen molar-refractivity contribution in [1.29, 1.82) is 0 Å². The lowest BCUT2D eigenvalue weighted by atomic mass is 9.93. The standard InChI is InChI=1S/C62H56N2O2/c1-37(2)41-21-26-56(52(31-41)39(5)6)63(47-15-11-9-12-16-47)49-23-19-43-33-54-51-25-28-58-61(62(51)66-59(54)35-45(43)29-49)55-34-44-20-24-50(30-46(44)36-60(55)65-58)64(48-17-13-10-14-18-48)57-27-22-42(38(3)4)32-53(57)40(7)8/h9-40H,1-8H3. The van der Waals surface area contributed by atoms with E-state index < -0.39 is 0 Å². The second-order valence-electron chi connectivity index (χ2n) is 19.4. The number of anilines is 6. The van der Waals surface area contributed by atoms with Crippen LogP contribution in [0.5, 0.6) is 0 Å². The van der Waals surface area contributed by atoms with E-state index in [1.165, 1.54) is 39.0 Å². The Bertz CT molecular complexity index is 3610. The summed E-state index contributed by atoms with van der Waals surface area (Å²) in [6.07, 6.45) is 0. The van der Waals surface area contributed by atoms with Crippen molar-refractivity contribution in [1.82, 2.24) is 0 Å². The van der Waals surface area contributed by atoms with Crippen LogP contribution in [-0.2, 0) is 0 Å². The molecule has 0 atom stereocenters. The van der Waals surface area contributed by atoms with Crippen LogP contribution in [0.3, 0.4) is 0 Å². The smallest absolute Gasteiger partial charge is 0.147 e. The zero-order valence-corrected chi connectivity index (χ0v) is 39.2. The van der Waals surface area contributed by atoms with E-state index in [1.807, 2.05) is 0 Å². The molecule has 0 aliphatic carbocycles. The largest absolute Gasteiger partial charge is 0.456 e. The van der Waals surface area contributed by atoms with Crippen molar-refractivity contribution in [3.05, 3.63) is 192 Å². The van der Waals surface area contributed by atoms with Crippen LogP contribution in [0.4, 0.5) is 34.1 Å². The van der Waals surface area contributed by atoms with Crippen LogP contribution >= 0.6 is 0 Å². The number of para-hydroxylation sites is 2. The van der Waals surface area contributed by atoms with Crippen molar-refractivity contribution in [2.24, 2.45) is 0 Å². The minimum atomic E-state index is 0.354. The number of fused-ring (bicyclic) bond motifs is 9. The fourth-order valence-electron chi connectivity index (χ4n) is 10.0. The fourth-order valence-corrected chi connectivity index (χ4v) is 10.0. The Morgan fingerprint density at radius 1 is 0.333 bits per heavy atom. The van der Waals surface area contributed by atoms with Crippen LogP contribution in [0.25, 0.3) is 65.4 Å². The van der Waals surface area contributed by atoms with Gasteiger partial charge in [-0.05, 0) is 165 Å². The lowest BCUT2D eigenvalue weighted by molar-refractivity contribution is 0.663. The molecule has 9 aromatic carbocycles. The number of nitrogens with zero attached hydrogens (tertiary/aromatic N) is 2. The summed E-state index contributed by atoms with van der Waals surface area (Å²) in [5.74, 6) is 1.62.